The van der Waals surface area contributed by atoms with Crippen LogP contribution in [0.3, 0.4) is 0 Å². The Morgan fingerprint density at radius 3 is 2.53 bits per heavy atom. The maximum absolute atomic E-state index is 12.7. The zero-order chi connectivity index (χ0) is 21.3. The van der Waals surface area contributed by atoms with Crippen molar-refractivity contribution < 1.29 is 19.2 Å². The van der Waals surface area contributed by atoms with E-state index >= 15 is 0 Å². The van der Waals surface area contributed by atoms with Gasteiger partial charge in [-0.15, -0.1) is 0 Å². The molecule has 0 unspecified atom stereocenters. The van der Waals surface area contributed by atoms with Crippen LogP contribution in [0.2, 0.25) is 0 Å². The molecule has 0 atom stereocenters. The number of aromatic nitrogens is 2. The number of carbonyl (C=O) groups excluding carboxylic acids is 1. The van der Waals surface area contributed by atoms with Gasteiger partial charge in [0.15, 0.2) is 11.5 Å². The maximum atomic E-state index is 12.7. The molecule has 0 bridgehead atoms. The number of nitrogens with zero attached hydrogens (tertiary/aromatic N) is 3. The normalized spacial score (nSPS) is 12.3. The second-order valence-corrected chi connectivity index (χ2v) is 6.83. The van der Waals surface area contributed by atoms with Gasteiger partial charge in [-0.3, -0.25) is 14.9 Å². The minimum Gasteiger partial charge on any atom is -0.493 e. The zero-order valence-corrected chi connectivity index (χ0v) is 16.5. The van der Waals surface area contributed by atoms with E-state index in [1.54, 1.807) is 12.1 Å². The van der Waals surface area contributed by atoms with Crippen molar-refractivity contribution in [2.45, 2.75) is 19.4 Å². The first-order valence-corrected chi connectivity index (χ1v) is 9.38. The molecule has 0 saturated carbocycles. The van der Waals surface area contributed by atoms with E-state index in [-0.39, 0.29) is 22.7 Å². The Balaban J connectivity index is 1.59. The van der Waals surface area contributed by atoms with Gasteiger partial charge in [-0.2, -0.15) is 0 Å². The number of imidazole rings is 1. The second kappa shape index (κ2) is 7.86. The summed E-state index contributed by atoms with van der Waals surface area (Å²) >= 11 is 0. The fourth-order valence-corrected chi connectivity index (χ4v) is 3.61. The summed E-state index contributed by atoms with van der Waals surface area (Å²) in [5, 5.41) is 14.1. The molecule has 30 heavy (non-hydrogen) atoms. The Morgan fingerprint density at radius 1 is 1.17 bits per heavy atom. The summed E-state index contributed by atoms with van der Waals surface area (Å²) in [6.07, 6.45) is 3.93. The predicted octanol–water partition coefficient (Wildman–Crippen LogP) is 3.67. The van der Waals surface area contributed by atoms with Crippen LogP contribution in [-0.4, -0.2) is 34.6 Å². The molecule has 2 heterocycles. The van der Waals surface area contributed by atoms with Crippen LogP contribution >= 0.6 is 0 Å². The third-order valence-corrected chi connectivity index (χ3v) is 5.10. The number of nitrogens with one attached hydrogen (secondary N) is 1. The first-order valence-electron chi connectivity index (χ1n) is 9.38. The number of carbonyl (C=O) groups is 1. The van der Waals surface area contributed by atoms with Crippen molar-refractivity contribution in [3.05, 3.63) is 64.1 Å². The maximum Gasteiger partial charge on any atom is 0.286 e. The van der Waals surface area contributed by atoms with E-state index in [9.17, 15) is 14.9 Å². The molecule has 0 saturated heterocycles. The Hall–Kier alpha value is -3.88. The van der Waals surface area contributed by atoms with Crippen molar-refractivity contribution in [1.82, 2.24) is 9.55 Å². The highest BCUT2D eigenvalue weighted by Gasteiger charge is 2.25. The lowest BCUT2D eigenvalue weighted by atomic mass is 10.1. The molecule has 9 heteroatoms. The van der Waals surface area contributed by atoms with Crippen LogP contribution in [0.4, 0.5) is 11.4 Å². The van der Waals surface area contributed by atoms with Crippen molar-refractivity contribution in [3.63, 3.8) is 0 Å². The van der Waals surface area contributed by atoms with Gasteiger partial charge in [0, 0.05) is 24.7 Å². The molecule has 0 spiro atoms. The molecule has 154 valence electrons. The highest BCUT2D eigenvalue weighted by atomic mass is 16.6. The Bertz CT molecular complexity index is 1120. The fourth-order valence-electron chi connectivity index (χ4n) is 3.61. The summed E-state index contributed by atoms with van der Waals surface area (Å²) in [4.78, 5) is 28.0. The quantitative estimate of drug-likeness (QED) is 0.492. The van der Waals surface area contributed by atoms with Crippen LogP contribution in [0.25, 0.3) is 11.3 Å². The number of aryl methyl sites for hydroxylation is 1. The highest BCUT2D eigenvalue weighted by Crippen LogP contribution is 2.35. The molecule has 0 radical (unpaired) electrons. The van der Waals surface area contributed by atoms with Crippen molar-refractivity contribution in [1.29, 1.82) is 0 Å². The third kappa shape index (κ3) is 3.45. The number of rotatable bonds is 6. The third-order valence-electron chi connectivity index (χ3n) is 5.10. The summed E-state index contributed by atoms with van der Waals surface area (Å²) in [5.74, 6) is 0.889. The summed E-state index contributed by atoms with van der Waals surface area (Å²) in [6.45, 7) is 0.951. The Morgan fingerprint density at radius 2 is 1.87 bits per heavy atom. The number of nitro benzene ring substituents is 1. The lowest BCUT2D eigenvalue weighted by Crippen LogP contribution is -2.14. The van der Waals surface area contributed by atoms with Gasteiger partial charge in [0.1, 0.15) is 11.4 Å². The van der Waals surface area contributed by atoms with Gasteiger partial charge in [0.25, 0.3) is 11.6 Å². The van der Waals surface area contributed by atoms with Crippen LogP contribution < -0.4 is 14.8 Å². The summed E-state index contributed by atoms with van der Waals surface area (Å²) < 4.78 is 12.5. The molecular formula is C21H20N4O5. The van der Waals surface area contributed by atoms with E-state index < -0.39 is 10.8 Å². The average molecular weight is 408 g/mol. The van der Waals surface area contributed by atoms with Crippen LogP contribution in [-0.2, 0) is 13.0 Å². The Labute approximate surface area is 172 Å². The van der Waals surface area contributed by atoms with E-state index in [1.165, 1.54) is 26.4 Å². The van der Waals surface area contributed by atoms with E-state index in [2.05, 4.69) is 14.9 Å². The van der Waals surface area contributed by atoms with Gasteiger partial charge >= 0.3 is 0 Å². The summed E-state index contributed by atoms with van der Waals surface area (Å²) in [5.41, 5.74) is 2.07. The SMILES string of the molecule is COc1cc(C(=O)Nc2ccc(-c3cnc4n3CCC4)cc2)c([N+](=O)[O-])cc1OC. The van der Waals surface area contributed by atoms with Gasteiger partial charge in [0.05, 0.1) is 37.1 Å². The standard InChI is InChI=1S/C21H20N4O5/c1-29-18-10-15(16(25(27)28)11-19(18)30-2)21(26)23-14-7-5-13(6-8-14)17-12-22-20-4-3-9-24(17)20/h5-8,10-12H,3-4,9H2,1-2H3,(H,23,26). The Kier molecular flexibility index (Phi) is 5.09. The van der Waals surface area contributed by atoms with Gasteiger partial charge in [-0.25, -0.2) is 4.98 Å². The monoisotopic (exact) mass is 408 g/mol. The summed E-state index contributed by atoms with van der Waals surface area (Å²) in [6, 6.07) is 9.78. The number of hydrogen-bond acceptors (Lipinski definition) is 6. The number of benzene rings is 2. The lowest BCUT2D eigenvalue weighted by molar-refractivity contribution is -0.385. The van der Waals surface area contributed by atoms with Crippen molar-refractivity contribution in [2.75, 3.05) is 19.5 Å². The average Bonchev–Trinajstić information content (AvgIpc) is 3.37. The molecule has 4 rings (SSSR count). The number of fused-ring (bicyclic) bond motifs is 1. The highest BCUT2D eigenvalue weighted by molar-refractivity contribution is 6.07. The number of amides is 1. The van der Waals surface area contributed by atoms with Crippen molar-refractivity contribution >= 4 is 17.3 Å². The largest absolute Gasteiger partial charge is 0.493 e. The van der Waals surface area contributed by atoms with E-state index in [0.717, 1.165) is 36.5 Å². The van der Waals surface area contributed by atoms with Gasteiger partial charge in [-0.05, 0) is 24.1 Å². The zero-order valence-electron chi connectivity index (χ0n) is 16.5. The first-order chi connectivity index (χ1) is 14.5. The number of hydrogen-bond donors (Lipinski definition) is 1. The minimum absolute atomic E-state index is 0.115. The molecule has 1 aromatic heterocycles. The van der Waals surface area contributed by atoms with Gasteiger partial charge in [-0.1, -0.05) is 12.1 Å². The van der Waals surface area contributed by atoms with Crippen molar-refractivity contribution in [2.24, 2.45) is 0 Å². The molecule has 1 aliphatic heterocycles. The van der Waals surface area contributed by atoms with Crippen LogP contribution in [0.15, 0.2) is 42.6 Å². The number of nitro groups is 1. The molecule has 9 nitrogen and oxygen atoms in total. The molecule has 1 aliphatic rings. The molecule has 3 aromatic rings. The molecular weight excluding hydrogens is 388 g/mol. The molecule has 2 aromatic carbocycles. The molecule has 0 fully saturated rings. The fraction of sp³-hybridized carbons (Fsp3) is 0.238. The molecule has 1 N–H and O–H groups in total. The summed E-state index contributed by atoms with van der Waals surface area (Å²) in [7, 11) is 2.77. The van der Waals surface area contributed by atoms with Crippen LogP contribution in [0, 0.1) is 10.1 Å². The van der Waals surface area contributed by atoms with Crippen LogP contribution in [0.5, 0.6) is 11.5 Å². The van der Waals surface area contributed by atoms with Crippen molar-refractivity contribution in [3.8, 4) is 22.8 Å². The number of ether oxygens (including phenoxy) is 2. The lowest BCUT2D eigenvalue weighted by Gasteiger charge is -2.11. The predicted molar refractivity (Wildman–Crippen MR) is 110 cm³/mol. The van der Waals surface area contributed by atoms with E-state index in [1.807, 2.05) is 18.3 Å². The van der Waals surface area contributed by atoms with E-state index in [4.69, 9.17) is 9.47 Å². The molecule has 0 aliphatic carbocycles. The number of methoxy groups -OCH3 is 2. The molecule has 1 amide bonds. The number of anilines is 1. The topological polar surface area (TPSA) is 109 Å². The van der Waals surface area contributed by atoms with Crippen LogP contribution in [0.1, 0.15) is 22.6 Å². The van der Waals surface area contributed by atoms with E-state index in [0.29, 0.717) is 5.69 Å². The van der Waals surface area contributed by atoms with Gasteiger partial charge < -0.3 is 19.4 Å². The minimum atomic E-state index is -0.625. The van der Waals surface area contributed by atoms with Gasteiger partial charge in [0.2, 0.25) is 0 Å². The second-order valence-electron chi connectivity index (χ2n) is 6.83. The first kappa shape index (κ1) is 19.4. The smallest absolute Gasteiger partial charge is 0.286 e.